The molecule has 0 unspecified atom stereocenters. The summed E-state index contributed by atoms with van der Waals surface area (Å²) < 4.78 is 30.8. The van der Waals surface area contributed by atoms with Crippen molar-refractivity contribution >= 4 is 32.7 Å². The number of hydrogen-bond acceptors (Lipinski definition) is 5. The Morgan fingerprint density at radius 3 is 2.64 bits per heavy atom. The van der Waals surface area contributed by atoms with Crippen LogP contribution < -0.4 is 4.83 Å². The molecule has 0 aliphatic carbocycles. The maximum Gasteiger partial charge on any atom is 0.310 e. The van der Waals surface area contributed by atoms with Crippen molar-refractivity contribution in [2.75, 3.05) is 13.2 Å². The van der Waals surface area contributed by atoms with Gasteiger partial charge in [-0.15, -0.1) is 4.83 Å². The molecule has 8 heteroatoms. The Labute approximate surface area is 164 Å². The van der Waals surface area contributed by atoms with Crippen molar-refractivity contribution in [2.24, 2.45) is 0 Å². The summed E-state index contributed by atoms with van der Waals surface area (Å²) in [6.07, 6.45) is 0.295. The smallest absolute Gasteiger partial charge is 0.310 e. The van der Waals surface area contributed by atoms with E-state index in [1.807, 2.05) is 18.2 Å². The van der Waals surface area contributed by atoms with Crippen molar-refractivity contribution in [2.45, 2.75) is 31.6 Å². The summed E-state index contributed by atoms with van der Waals surface area (Å²) in [7, 11) is -3.98. The Hall–Kier alpha value is -2.71. The summed E-state index contributed by atoms with van der Waals surface area (Å²) in [5.74, 6) is -1.04. The normalized spacial score (nSPS) is 15.2. The number of ether oxygens (including phenoxy) is 1. The lowest BCUT2D eigenvalue weighted by Gasteiger charge is -2.29. The predicted octanol–water partition coefficient (Wildman–Crippen LogP) is 2.54. The number of fused-ring (bicyclic) bond motifs is 1. The Bertz CT molecular complexity index is 1050. The molecular weight excluding hydrogens is 380 g/mol. The summed E-state index contributed by atoms with van der Waals surface area (Å²) >= 11 is 0. The third-order valence-electron chi connectivity index (χ3n) is 4.62. The van der Waals surface area contributed by atoms with Crippen molar-refractivity contribution in [1.82, 2.24) is 9.84 Å². The van der Waals surface area contributed by atoms with Gasteiger partial charge in [0.25, 0.3) is 15.9 Å². The summed E-state index contributed by atoms with van der Waals surface area (Å²) in [5.41, 5.74) is 1.03. The molecule has 0 spiro atoms. The number of amides is 1. The standard InChI is InChI=1S/C20H22N2O5S/c1-3-27-19(23)13-17-14(2)11-12-22(20(17)24)21-28(25,26)18-10-6-8-15-7-4-5-9-16(15)18/h4-10,21H,3,11-13H2,1-2H3. The average molecular weight is 402 g/mol. The Morgan fingerprint density at radius 2 is 1.89 bits per heavy atom. The van der Waals surface area contributed by atoms with Crippen molar-refractivity contribution < 1.29 is 22.7 Å². The lowest BCUT2D eigenvalue weighted by Crippen LogP contribution is -2.49. The Morgan fingerprint density at radius 1 is 1.18 bits per heavy atom. The van der Waals surface area contributed by atoms with Crippen molar-refractivity contribution in [3.05, 3.63) is 53.6 Å². The second kappa shape index (κ2) is 8.12. The molecule has 0 bridgehead atoms. The van der Waals surface area contributed by atoms with Crippen LogP contribution in [0.25, 0.3) is 10.8 Å². The highest BCUT2D eigenvalue weighted by Gasteiger charge is 2.31. The molecule has 1 aliphatic heterocycles. The van der Waals surface area contributed by atoms with Crippen LogP contribution in [0.2, 0.25) is 0 Å². The van der Waals surface area contributed by atoms with E-state index in [0.29, 0.717) is 11.8 Å². The molecule has 7 nitrogen and oxygen atoms in total. The van der Waals surface area contributed by atoms with Crippen LogP contribution in [0.4, 0.5) is 0 Å². The number of hydrazine groups is 1. The zero-order valence-corrected chi connectivity index (χ0v) is 16.6. The molecule has 0 radical (unpaired) electrons. The molecule has 0 saturated carbocycles. The number of rotatable bonds is 6. The number of nitrogens with zero attached hydrogens (tertiary/aromatic N) is 1. The second-order valence-corrected chi connectivity index (χ2v) is 8.15. The van der Waals surface area contributed by atoms with E-state index in [4.69, 9.17) is 4.74 Å². The number of sulfonamides is 1. The Kier molecular flexibility index (Phi) is 5.81. The van der Waals surface area contributed by atoms with E-state index in [9.17, 15) is 18.0 Å². The molecule has 28 heavy (non-hydrogen) atoms. The van der Waals surface area contributed by atoms with Crippen LogP contribution in [0.15, 0.2) is 58.5 Å². The van der Waals surface area contributed by atoms with Crippen LogP contribution in [0, 0.1) is 0 Å². The fourth-order valence-corrected chi connectivity index (χ4v) is 4.47. The molecule has 0 aromatic heterocycles. The number of carbonyl (C=O) groups is 2. The van der Waals surface area contributed by atoms with E-state index >= 15 is 0 Å². The first-order valence-corrected chi connectivity index (χ1v) is 10.5. The fraction of sp³-hybridized carbons (Fsp3) is 0.300. The molecule has 3 rings (SSSR count). The lowest BCUT2D eigenvalue weighted by atomic mass is 9.99. The minimum Gasteiger partial charge on any atom is -0.466 e. The molecule has 0 fully saturated rings. The van der Waals surface area contributed by atoms with Gasteiger partial charge >= 0.3 is 5.97 Å². The van der Waals surface area contributed by atoms with E-state index in [0.717, 1.165) is 16.0 Å². The van der Waals surface area contributed by atoms with Gasteiger partial charge in [0, 0.05) is 17.5 Å². The SMILES string of the molecule is CCOC(=O)CC1=C(C)CCN(NS(=O)(=O)c2cccc3ccccc23)C1=O. The van der Waals surface area contributed by atoms with Gasteiger partial charge in [-0.05, 0) is 31.7 Å². The third kappa shape index (κ3) is 4.07. The Balaban J connectivity index is 1.86. The van der Waals surface area contributed by atoms with Crippen LogP contribution in [0.3, 0.4) is 0 Å². The zero-order chi connectivity index (χ0) is 20.3. The van der Waals surface area contributed by atoms with Gasteiger partial charge in [-0.1, -0.05) is 42.0 Å². The van der Waals surface area contributed by atoms with E-state index in [-0.39, 0.29) is 30.0 Å². The number of carbonyl (C=O) groups excluding carboxylic acids is 2. The van der Waals surface area contributed by atoms with Crippen molar-refractivity contribution in [3.8, 4) is 0 Å². The summed E-state index contributed by atoms with van der Waals surface area (Å²) in [4.78, 5) is 27.1. The van der Waals surface area contributed by atoms with Crippen LogP contribution in [-0.4, -0.2) is 38.5 Å². The topological polar surface area (TPSA) is 92.8 Å². The van der Waals surface area contributed by atoms with Gasteiger partial charge in [0.05, 0.1) is 17.9 Å². The third-order valence-corrected chi connectivity index (χ3v) is 6.02. The molecule has 0 atom stereocenters. The molecule has 1 heterocycles. The zero-order valence-electron chi connectivity index (χ0n) is 15.8. The monoisotopic (exact) mass is 402 g/mol. The van der Waals surface area contributed by atoms with E-state index in [1.165, 1.54) is 6.07 Å². The largest absolute Gasteiger partial charge is 0.466 e. The van der Waals surface area contributed by atoms with Gasteiger partial charge in [0.15, 0.2) is 0 Å². The maximum absolute atomic E-state index is 13.0. The molecule has 2 aromatic rings. The van der Waals surface area contributed by atoms with Crippen molar-refractivity contribution in [1.29, 1.82) is 0 Å². The fourth-order valence-electron chi connectivity index (χ4n) is 3.17. The summed E-state index contributed by atoms with van der Waals surface area (Å²) in [5, 5.41) is 2.41. The number of esters is 1. The molecule has 1 aliphatic rings. The second-order valence-electron chi connectivity index (χ2n) is 6.52. The molecule has 148 valence electrons. The average Bonchev–Trinajstić information content (AvgIpc) is 2.67. The summed E-state index contributed by atoms with van der Waals surface area (Å²) in [6.45, 7) is 3.87. The van der Waals surface area contributed by atoms with Gasteiger partial charge in [-0.3, -0.25) is 14.6 Å². The number of benzene rings is 2. The first-order valence-electron chi connectivity index (χ1n) is 9.00. The molecule has 2 aromatic carbocycles. The molecule has 0 saturated heterocycles. The molecular formula is C20H22N2O5S. The number of nitrogens with one attached hydrogen (secondary N) is 1. The lowest BCUT2D eigenvalue weighted by molar-refractivity contribution is -0.143. The van der Waals surface area contributed by atoms with Gasteiger partial charge in [-0.2, -0.15) is 0 Å². The van der Waals surface area contributed by atoms with Crippen LogP contribution >= 0.6 is 0 Å². The van der Waals surface area contributed by atoms with Gasteiger partial charge < -0.3 is 4.74 Å². The highest BCUT2D eigenvalue weighted by Crippen LogP contribution is 2.25. The van der Waals surface area contributed by atoms with Crippen molar-refractivity contribution in [3.63, 3.8) is 0 Å². The van der Waals surface area contributed by atoms with Crippen LogP contribution in [0.1, 0.15) is 26.7 Å². The molecule has 1 N–H and O–H groups in total. The molecule has 1 amide bonds. The quantitative estimate of drug-likeness (QED) is 0.750. The van der Waals surface area contributed by atoms with E-state index in [2.05, 4.69) is 4.83 Å². The van der Waals surface area contributed by atoms with Crippen LogP contribution in [0.5, 0.6) is 0 Å². The van der Waals surface area contributed by atoms with Crippen LogP contribution in [-0.2, 0) is 24.3 Å². The van der Waals surface area contributed by atoms with Gasteiger partial charge in [0.1, 0.15) is 0 Å². The minimum atomic E-state index is -3.98. The minimum absolute atomic E-state index is 0.0941. The summed E-state index contributed by atoms with van der Waals surface area (Å²) in [6, 6.07) is 12.1. The van der Waals surface area contributed by atoms with E-state index in [1.54, 1.807) is 32.0 Å². The predicted molar refractivity (Wildman–Crippen MR) is 105 cm³/mol. The van der Waals surface area contributed by atoms with Gasteiger partial charge in [-0.25, -0.2) is 8.42 Å². The maximum atomic E-state index is 13.0. The first kappa shape index (κ1) is 20.0. The number of hydrogen-bond donors (Lipinski definition) is 1. The highest BCUT2D eigenvalue weighted by molar-refractivity contribution is 7.89. The first-order chi connectivity index (χ1) is 13.3. The highest BCUT2D eigenvalue weighted by atomic mass is 32.2. The van der Waals surface area contributed by atoms with E-state index < -0.39 is 21.9 Å². The van der Waals surface area contributed by atoms with Gasteiger partial charge in [0.2, 0.25) is 0 Å².